The van der Waals surface area contributed by atoms with Crippen LogP contribution in [0.4, 0.5) is 0 Å². The van der Waals surface area contributed by atoms with Crippen molar-refractivity contribution in [3.63, 3.8) is 0 Å². The zero-order chi connectivity index (χ0) is 9.64. The summed E-state index contributed by atoms with van der Waals surface area (Å²) in [6.07, 6.45) is 0. The van der Waals surface area contributed by atoms with Crippen LogP contribution in [0.25, 0.3) is 0 Å². The van der Waals surface area contributed by atoms with Gasteiger partial charge in [-0.25, -0.2) is 9.35 Å². The van der Waals surface area contributed by atoms with Gasteiger partial charge < -0.3 is 0 Å². The third kappa shape index (κ3) is 1.25. The lowest BCUT2D eigenvalue weighted by atomic mass is 10.2. The number of fused-ring (bicyclic) bond motifs is 1. The molecule has 1 aromatic rings. The van der Waals surface area contributed by atoms with Gasteiger partial charge in [0.2, 0.25) is 0 Å². The fourth-order valence-corrected chi connectivity index (χ4v) is 2.49. The van der Waals surface area contributed by atoms with E-state index in [9.17, 15) is 9.00 Å². The van der Waals surface area contributed by atoms with Gasteiger partial charge in [0.1, 0.15) is 9.92 Å². The molecule has 0 aromatic heterocycles. The van der Waals surface area contributed by atoms with E-state index < -0.39 is 15.8 Å². The smallest absolute Gasteiger partial charge is 0.266 e. The number of halogens is 1. The van der Waals surface area contributed by atoms with Crippen LogP contribution in [0.15, 0.2) is 27.5 Å². The standard InChI is InChI=1S/C7H5ClN2O2S/c8-4-1-2-6-5(3-4)7(11)10-13(6,9)12/h1-3H,(H2,9,10,11,12). The Bertz CT molecular complexity index is 517. The van der Waals surface area contributed by atoms with Gasteiger partial charge in [-0.1, -0.05) is 11.6 Å². The average Bonchev–Trinajstić information content (AvgIpc) is 2.22. The van der Waals surface area contributed by atoms with Gasteiger partial charge in [-0.15, -0.1) is 4.36 Å². The summed E-state index contributed by atoms with van der Waals surface area (Å²) >= 11 is 5.65. The number of rotatable bonds is 0. The minimum atomic E-state index is -3.00. The number of carbonyl (C=O) groups is 1. The molecule has 0 bridgehead atoms. The molecule has 1 heterocycles. The number of benzene rings is 1. The lowest BCUT2D eigenvalue weighted by molar-refractivity contribution is 0.101. The Kier molecular flexibility index (Phi) is 1.69. The SMILES string of the molecule is NS1(=O)=NC(=O)c2cc(Cl)ccc21. The minimum absolute atomic E-state index is 0.236. The van der Waals surface area contributed by atoms with E-state index in [1.807, 2.05) is 0 Å². The summed E-state index contributed by atoms with van der Waals surface area (Å²) in [6, 6.07) is 4.41. The number of amides is 1. The molecule has 0 radical (unpaired) electrons. The van der Waals surface area contributed by atoms with Crippen LogP contribution in [0.1, 0.15) is 10.4 Å². The maximum absolute atomic E-state index is 11.5. The monoisotopic (exact) mass is 216 g/mol. The van der Waals surface area contributed by atoms with Crippen LogP contribution in [0, 0.1) is 0 Å². The summed E-state index contributed by atoms with van der Waals surface area (Å²) < 4.78 is 14.8. The van der Waals surface area contributed by atoms with Crippen LogP contribution < -0.4 is 5.14 Å². The van der Waals surface area contributed by atoms with Gasteiger partial charge in [-0.3, -0.25) is 4.79 Å². The maximum atomic E-state index is 11.5. The van der Waals surface area contributed by atoms with Crippen LogP contribution in [0.3, 0.4) is 0 Å². The molecule has 0 saturated heterocycles. The number of hydrogen-bond acceptors (Lipinski definition) is 2. The first kappa shape index (κ1) is 8.68. The van der Waals surface area contributed by atoms with E-state index in [1.165, 1.54) is 18.2 Å². The highest BCUT2D eigenvalue weighted by Gasteiger charge is 2.26. The Labute approximate surface area is 80.0 Å². The highest BCUT2D eigenvalue weighted by Crippen LogP contribution is 2.26. The molecule has 0 spiro atoms. The van der Waals surface area contributed by atoms with Gasteiger partial charge in [-0.05, 0) is 18.2 Å². The molecule has 68 valence electrons. The first-order chi connectivity index (χ1) is 6.00. The van der Waals surface area contributed by atoms with Crippen LogP contribution in [0.5, 0.6) is 0 Å². The van der Waals surface area contributed by atoms with E-state index in [0.29, 0.717) is 5.02 Å². The number of hydrogen-bond donors (Lipinski definition) is 1. The van der Waals surface area contributed by atoms with Crippen molar-refractivity contribution in [2.45, 2.75) is 4.90 Å². The van der Waals surface area contributed by atoms with Crippen LogP contribution in [-0.2, 0) is 9.92 Å². The quantitative estimate of drug-likeness (QED) is 0.708. The molecule has 0 fully saturated rings. The Morgan fingerprint density at radius 1 is 1.46 bits per heavy atom. The number of nitrogens with two attached hydrogens (primary N) is 1. The van der Waals surface area contributed by atoms with E-state index in [4.69, 9.17) is 16.7 Å². The van der Waals surface area contributed by atoms with E-state index in [1.54, 1.807) is 0 Å². The molecule has 6 heteroatoms. The van der Waals surface area contributed by atoms with Crippen molar-refractivity contribution < 1.29 is 9.00 Å². The second-order valence-corrected chi connectivity index (χ2v) is 4.80. The summed E-state index contributed by atoms with van der Waals surface area (Å²) in [4.78, 5) is 11.4. The molecule has 2 N–H and O–H groups in total. The zero-order valence-electron chi connectivity index (χ0n) is 6.36. The number of nitrogens with zero attached hydrogens (tertiary/aromatic N) is 1. The van der Waals surface area contributed by atoms with Crippen molar-refractivity contribution in [1.29, 1.82) is 0 Å². The Hall–Kier alpha value is -0.910. The van der Waals surface area contributed by atoms with E-state index >= 15 is 0 Å². The van der Waals surface area contributed by atoms with Crippen LogP contribution in [-0.4, -0.2) is 10.1 Å². The third-order valence-electron chi connectivity index (χ3n) is 1.71. The largest absolute Gasteiger partial charge is 0.287 e. The average molecular weight is 217 g/mol. The fraction of sp³-hybridized carbons (Fsp3) is 0. The maximum Gasteiger partial charge on any atom is 0.287 e. The molecule has 0 aliphatic carbocycles. The normalized spacial score (nSPS) is 25.5. The third-order valence-corrected chi connectivity index (χ3v) is 3.36. The Balaban J connectivity index is 2.83. The fourth-order valence-electron chi connectivity index (χ4n) is 1.15. The molecule has 1 atom stereocenters. The van der Waals surface area contributed by atoms with Crippen molar-refractivity contribution >= 4 is 27.4 Å². The molecular weight excluding hydrogens is 212 g/mol. The lowest BCUT2D eigenvalue weighted by Gasteiger charge is -1.98. The molecule has 1 aliphatic rings. The molecule has 1 aromatic carbocycles. The summed E-state index contributed by atoms with van der Waals surface area (Å²) in [7, 11) is -3.00. The van der Waals surface area contributed by atoms with Gasteiger partial charge in [-0.2, -0.15) is 0 Å². The van der Waals surface area contributed by atoms with Crippen LogP contribution in [0.2, 0.25) is 5.02 Å². The van der Waals surface area contributed by atoms with E-state index in [-0.39, 0.29) is 10.5 Å². The van der Waals surface area contributed by atoms with Gasteiger partial charge >= 0.3 is 0 Å². The minimum Gasteiger partial charge on any atom is -0.266 e. The topological polar surface area (TPSA) is 72.5 Å². The summed E-state index contributed by atoms with van der Waals surface area (Å²) in [5.74, 6) is -0.565. The van der Waals surface area contributed by atoms with Gasteiger partial charge in [0.15, 0.2) is 0 Å². The predicted octanol–water partition coefficient (Wildman–Crippen LogP) is 1.19. The molecule has 1 aliphatic heterocycles. The second-order valence-electron chi connectivity index (χ2n) is 2.61. The van der Waals surface area contributed by atoms with Gasteiger partial charge in [0, 0.05) is 5.02 Å². The van der Waals surface area contributed by atoms with Crippen molar-refractivity contribution in [3.8, 4) is 0 Å². The van der Waals surface area contributed by atoms with Crippen molar-refractivity contribution in [2.24, 2.45) is 9.50 Å². The van der Waals surface area contributed by atoms with E-state index in [2.05, 4.69) is 4.36 Å². The molecule has 1 amide bonds. The summed E-state index contributed by atoms with van der Waals surface area (Å²) in [5, 5.41) is 5.73. The van der Waals surface area contributed by atoms with Gasteiger partial charge in [0.05, 0.1) is 10.5 Å². The molecule has 13 heavy (non-hydrogen) atoms. The Morgan fingerprint density at radius 3 is 2.85 bits per heavy atom. The highest BCUT2D eigenvalue weighted by atomic mass is 35.5. The molecule has 0 saturated carbocycles. The van der Waals surface area contributed by atoms with Crippen molar-refractivity contribution in [3.05, 3.63) is 28.8 Å². The molecule has 4 nitrogen and oxygen atoms in total. The molecule has 2 rings (SSSR count). The zero-order valence-corrected chi connectivity index (χ0v) is 7.93. The van der Waals surface area contributed by atoms with Crippen molar-refractivity contribution in [1.82, 2.24) is 0 Å². The first-order valence-corrected chi connectivity index (χ1v) is 5.35. The van der Waals surface area contributed by atoms with Gasteiger partial charge in [0.25, 0.3) is 5.91 Å². The van der Waals surface area contributed by atoms with E-state index in [0.717, 1.165) is 0 Å². The second kappa shape index (κ2) is 2.54. The molecular formula is C7H5ClN2O2S. The number of carbonyl (C=O) groups excluding carboxylic acids is 1. The summed E-state index contributed by atoms with van der Waals surface area (Å²) in [6.45, 7) is 0. The highest BCUT2D eigenvalue weighted by molar-refractivity contribution is 7.92. The lowest BCUT2D eigenvalue weighted by Crippen LogP contribution is -2.09. The predicted molar refractivity (Wildman–Crippen MR) is 48.8 cm³/mol. The molecule has 1 unspecified atom stereocenters. The first-order valence-electron chi connectivity index (χ1n) is 3.39. The summed E-state index contributed by atoms with van der Waals surface area (Å²) in [5.41, 5.74) is 0.236. The van der Waals surface area contributed by atoms with Crippen LogP contribution >= 0.6 is 11.6 Å². The Morgan fingerprint density at radius 2 is 2.15 bits per heavy atom. The van der Waals surface area contributed by atoms with Crippen molar-refractivity contribution in [2.75, 3.05) is 0 Å².